The lowest BCUT2D eigenvalue weighted by atomic mass is 10.0. The van der Waals surface area contributed by atoms with Gasteiger partial charge in [0.05, 0.1) is 41.3 Å². The summed E-state index contributed by atoms with van der Waals surface area (Å²) in [6.07, 6.45) is 4.85. The van der Waals surface area contributed by atoms with Crippen LogP contribution in [0.4, 0.5) is 0 Å². The van der Waals surface area contributed by atoms with E-state index in [2.05, 4.69) is 6.92 Å². The van der Waals surface area contributed by atoms with Crippen LogP contribution < -0.4 is 4.90 Å². The molecule has 21 heavy (non-hydrogen) atoms. The number of quaternary nitrogens is 1. The van der Waals surface area contributed by atoms with Crippen molar-refractivity contribution in [2.75, 3.05) is 19.7 Å². The molecule has 1 aliphatic rings. The van der Waals surface area contributed by atoms with E-state index in [4.69, 9.17) is 27.9 Å². The Hall–Kier alpha value is -0.770. The lowest BCUT2D eigenvalue weighted by Gasteiger charge is -2.30. The topological polar surface area (TPSA) is 30.7 Å². The van der Waals surface area contributed by atoms with Gasteiger partial charge in [0.2, 0.25) is 0 Å². The third kappa shape index (κ3) is 4.87. The van der Waals surface area contributed by atoms with Crippen molar-refractivity contribution in [2.24, 2.45) is 0 Å². The zero-order valence-electron chi connectivity index (χ0n) is 12.3. The molecule has 5 heteroatoms. The van der Waals surface area contributed by atoms with E-state index in [9.17, 15) is 4.79 Å². The number of hydrogen-bond acceptors (Lipinski definition) is 2. The summed E-state index contributed by atoms with van der Waals surface area (Å²) in [6.45, 7) is 5.06. The summed E-state index contributed by atoms with van der Waals surface area (Å²) < 4.78 is 5.30. The maximum Gasteiger partial charge on any atom is 0.338 e. The number of nitrogens with one attached hydrogen (secondary N) is 1. The Kier molecular flexibility index (Phi) is 6.34. The summed E-state index contributed by atoms with van der Waals surface area (Å²) in [4.78, 5) is 13.5. The Morgan fingerprint density at radius 1 is 1.33 bits per heavy atom. The Balaban J connectivity index is 1.72. The van der Waals surface area contributed by atoms with Crippen LogP contribution in [0.25, 0.3) is 0 Å². The molecule has 1 aromatic carbocycles. The number of carbonyl (C=O) groups is 1. The van der Waals surface area contributed by atoms with Gasteiger partial charge >= 0.3 is 5.97 Å². The molecule has 0 aromatic heterocycles. The van der Waals surface area contributed by atoms with Gasteiger partial charge in [-0.15, -0.1) is 0 Å². The minimum absolute atomic E-state index is 0.338. The van der Waals surface area contributed by atoms with Crippen molar-refractivity contribution in [3.8, 4) is 0 Å². The molecule has 1 heterocycles. The molecule has 0 bridgehead atoms. The van der Waals surface area contributed by atoms with Gasteiger partial charge in [-0.05, 0) is 44.4 Å². The quantitative estimate of drug-likeness (QED) is 0.664. The van der Waals surface area contributed by atoms with E-state index in [1.165, 1.54) is 25.8 Å². The molecular weight excluding hydrogens is 309 g/mol. The zero-order chi connectivity index (χ0) is 15.2. The second kappa shape index (κ2) is 8.02. The Morgan fingerprint density at radius 3 is 2.86 bits per heavy atom. The van der Waals surface area contributed by atoms with E-state index < -0.39 is 0 Å². The molecule has 1 fully saturated rings. The van der Waals surface area contributed by atoms with Gasteiger partial charge in [0.1, 0.15) is 0 Å². The van der Waals surface area contributed by atoms with Crippen molar-refractivity contribution >= 4 is 29.2 Å². The number of likely N-dealkylation sites (tertiary alicyclic amines) is 1. The van der Waals surface area contributed by atoms with Gasteiger partial charge in [-0.1, -0.05) is 23.2 Å². The summed E-state index contributed by atoms with van der Waals surface area (Å²) in [5, 5.41) is 0.814. The second-order valence-corrected chi connectivity index (χ2v) is 6.49. The first-order chi connectivity index (χ1) is 10.1. The predicted molar refractivity (Wildman–Crippen MR) is 85.4 cm³/mol. The van der Waals surface area contributed by atoms with Gasteiger partial charge in [-0.25, -0.2) is 4.79 Å². The van der Waals surface area contributed by atoms with Crippen molar-refractivity contribution in [1.82, 2.24) is 0 Å². The van der Waals surface area contributed by atoms with Crippen LogP contribution in [-0.2, 0) is 4.74 Å². The highest BCUT2D eigenvalue weighted by Crippen LogP contribution is 2.22. The van der Waals surface area contributed by atoms with Crippen LogP contribution in [0.5, 0.6) is 0 Å². The van der Waals surface area contributed by atoms with Crippen LogP contribution in [-0.4, -0.2) is 31.7 Å². The molecule has 0 amide bonds. The van der Waals surface area contributed by atoms with Gasteiger partial charge in [-0.2, -0.15) is 0 Å². The maximum absolute atomic E-state index is 11.9. The van der Waals surface area contributed by atoms with E-state index in [0.717, 1.165) is 19.0 Å². The number of benzene rings is 1. The largest absolute Gasteiger partial charge is 0.462 e. The Bertz CT molecular complexity index is 493. The predicted octanol–water partition coefficient (Wildman–Crippen LogP) is 3.00. The summed E-state index contributed by atoms with van der Waals surface area (Å²) in [6, 6.07) is 5.52. The first kappa shape index (κ1) is 16.6. The van der Waals surface area contributed by atoms with Gasteiger partial charge in [0, 0.05) is 6.42 Å². The Morgan fingerprint density at radius 2 is 2.14 bits per heavy atom. The van der Waals surface area contributed by atoms with E-state index in [0.29, 0.717) is 22.2 Å². The van der Waals surface area contributed by atoms with Crippen LogP contribution in [0.15, 0.2) is 18.2 Å². The number of carbonyl (C=O) groups excluding carboxylic acids is 1. The van der Waals surface area contributed by atoms with Crippen LogP contribution in [0.2, 0.25) is 10.0 Å². The number of ether oxygens (including phenoxy) is 1. The van der Waals surface area contributed by atoms with Crippen molar-refractivity contribution < 1.29 is 14.4 Å². The number of piperidine rings is 1. The van der Waals surface area contributed by atoms with E-state index in [1.807, 2.05) is 0 Å². The van der Waals surface area contributed by atoms with Crippen LogP contribution in [0.1, 0.15) is 43.0 Å². The molecule has 116 valence electrons. The smallest absolute Gasteiger partial charge is 0.338 e. The molecule has 1 unspecified atom stereocenters. The lowest BCUT2D eigenvalue weighted by molar-refractivity contribution is -0.928. The number of hydrogen-bond donors (Lipinski definition) is 1. The molecule has 0 saturated carbocycles. The SMILES string of the molecule is C[C@@H]1CCCC[NH+]1CCCOC(=O)c1ccc(Cl)c(Cl)c1. The van der Waals surface area contributed by atoms with Crippen molar-refractivity contribution in [1.29, 1.82) is 0 Å². The standard InChI is InChI=1S/C16H21Cl2NO2/c1-12-5-2-3-8-19(12)9-4-10-21-16(20)13-6-7-14(17)15(18)11-13/h6-7,11-12H,2-5,8-10H2,1H3/p+1/t12-/m1/s1. The normalized spacial score (nSPS) is 22.0. The number of rotatable bonds is 5. The third-order valence-corrected chi connectivity index (χ3v) is 4.85. The molecule has 0 spiro atoms. The summed E-state index contributed by atoms with van der Waals surface area (Å²) >= 11 is 11.7. The maximum atomic E-state index is 11.9. The van der Waals surface area contributed by atoms with Crippen LogP contribution in [0.3, 0.4) is 0 Å². The highest BCUT2D eigenvalue weighted by Gasteiger charge is 2.21. The average molecular weight is 331 g/mol. The minimum atomic E-state index is -0.338. The molecule has 1 aromatic rings. The molecule has 1 N–H and O–H groups in total. The highest BCUT2D eigenvalue weighted by molar-refractivity contribution is 6.42. The van der Waals surface area contributed by atoms with Crippen molar-refractivity contribution in [2.45, 2.75) is 38.6 Å². The van der Waals surface area contributed by atoms with Gasteiger partial charge in [-0.3, -0.25) is 0 Å². The number of halogens is 2. The zero-order valence-corrected chi connectivity index (χ0v) is 13.8. The summed E-state index contributed by atoms with van der Waals surface area (Å²) in [5.74, 6) is -0.338. The van der Waals surface area contributed by atoms with E-state index >= 15 is 0 Å². The number of esters is 1. The minimum Gasteiger partial charge on any atom is -0.462 e. The van der Waals surface area contributed by atoms with E-state index in [-0.39, 0.29) is 5.97 Å². The van der Waals surface area contributed by atoms with Crippen LogP contribution >= 0.6 is 23.2 Å². The molecule has 1 aliphatic heterocycles. The fourth-order valence-corrected chi connectivity index (χ4v) is 3.09. The van der Waals surface area contributed by atoms with Gasteiger partial charge in [0.15, 0.2) is 0 Å². The first-order valence-corrected chi connectivity index (χ1v) is 8.30. The highest BCUT2D eigenvalue weighted by atomic mass is 35.5. The molecule has 2 rings (SSSR count). The molecule has 0 aliphatic carbocycles. The molecule has 2 atom stereocenters. The van der Waals surface area contributed by atoms with Crippen molar-refractivity contribution in [3.63, 3.8) is 0 Å². The second-order valence-electron chi connectivity index (χ2n) is 5.67. The monoisotopic (exact) mass is 330 g/mol. The van der Waals surface area contributed by atoms with Gasteiger partial charge in [0.25, 0.3) is 0 Å². The summed E-state index contributed by atoms with van der Waals surface area (Å²) in [5.41, 5.74) is 0.447. The molecular formula is C16H22Cl2NO2+. The Labute approximate surface area is 136 Å². The average Bonchev–Trinajstić information content (AvgIpc) is 2.48. The van der Waals surface area contributed by atoms with Crippen molar-refractivity contribution in [3.05, 3.63) is 33.8 Å². The molecule has 0 radical (unpaired) electrons. The fraction of sp³-hybridized carbons (Fsp3) is 0.562. The van der Waals surface area contributed by atoms with Gasteiger partial charge < -0.3 is 9.64 Å². The lowest BCUT2D eigenvalue weighted by Crippen LogP contribution is -3.16. The van der Waals surface area contributed by atoms with E-state index in [1.54, 1.807) is 23.1 Å². The fourth-order valence-electron chi connectivity index (χ4n) is 2.80. The molecule has 1 saturated heterocycles. The first-order valence-electron chi connectivity index (χ1n) is 7.54. The molecule has 3 nitrogen and oxygen atoms in total. The third-order valence-electron chi connectivity index (χ3n) is 4.11. The van der Waals surface area contributed by atoms with Crippen LogP contribution in [0, 0.1) is 0 Å². The summed E-state index contributed by atoms with van der Waals surface area (Å²) in [7, 11) is 0.